The van der Waals surface area contributed by atoms with E-state index < -0.39 is 0 Å². The number of hydrogen-bond acceptors (Lipinski definition) is 0. The Hall–Kier alpha value is 0.100. The summed E-state index contributed by atoms with van der Waals surface area (Å²) in [6.07, 6.45) is 2.00. The van der Waals surface area contributed by atoms with E-state index in [4.69, 9.17) is 0 Å². The molecule has 0 aliphatic heterocycles. The third-order valence-electron chi connectivity index (χ3n) is 0.198. The summed E-state index contributed by atoms with van der Waals surface area (Å²) in [5.74, 6) is 0. The maximum Gasteiger partial charge on any atom is 0.143 e. The average molecular weight is 91.0 g/mol. The molecule has 0 spiro atoms. The molecule has 5 heavy (non-hydrogen) atoms. The van der Waals surface area contributed by atoms with Crippen LogP contribution in [-0.2, 0) is 0 Å². The van der Waals surface area contributed by atoms with Crippen LogP contribution in [0.3, 0.4) is 0 Å². The van der Waals surface area contributed by atoms with E-state index in [1.807, 2.05) is 0 Å². The molecule has 0 nitrogen and oxygen atoms in total. The first kappa shape index (κ1) is 5.10. The second kappa shape index (κ2) is 4.10. The highest BCUT2D eigenvalue weighted by atomic mass is 31.1. The van der Waals surface area contributed by atoms with Gasteiger partial charge in [0, 0.05) is 6.16 Å². The standard InChI is InChI=1S/C3H5FP/c1-2-3-5-4/h2H,1,3H2. The Morgan fingerprint density at radius 2 is 2.60 bits per heavy atom. The van der Waals surface area contributed by atoms with E-state index in [1.165, 1.54) is 0 Å². The summed E-state index contributed by atoms with van der Waals surface area (Å²) in [4.78, 5) is 0. The molecule has 0 saturated carbocycles. The fourth-order valence-corrected chi connectivity index (χ4v) is 0.146. The highest BCUT2D eigenvalue weighted by Crippen LogP contribution is 2.07. The SMILES string of the molecule is C=CC[P]F. The third kappa shape index (κ3) is 4.10. The second-order valence-electron chi connectivity index (χ2n) is 0.591. The summed E-state index contributed by atoms with van der Waals surface area (Å²) in [7, 11) is -0.0883. The first-order valence-electron chi connectivity index (χ1n) is 1.30. The van der Waals surface area contributed by atoms with Crippen LogP contribution in [0.2, 0.25) is 0 Å². The van der Waals surface area contributed by atoms with Gasteiger partial charge in [-0.15, -0.1) is 6.58 Å². The first-order chi connectivity index (χ1) is 2.41. The van der Waals surface area contributed by atoms with Gasteiger partial charge in [0.05, 0.1) is 0 Å². The van der Waals surface area contributed by atoms with E-state index in [-0.39, 0.29) is 8.89 Å². The van der Waals surface area contributed by atoms with E-state index in [2.05, 4.69) is 6.58 Å². The molecule has 0 atom stereocenters. The molecule has 2 heteroatoms. The Morgan fingerprint density at radius 1 is 2.00 bits per heavy atom. The highest BCUT2D eigenvalue weighted by molar-refractivity contribution is 7.31. The van der Waals surface area contributed by atoms with Gasteiger partial charge in [0.25, 0.3) is 0 Å². The van der Waals surface area contributed by atoms with Crippen LogP contribution in [0.5, 0.6) is 0 Å². The van der Waals surface area contributed by atoms with E-state index in [0.29, 0.717) is 6.16 Å². The van der Waals surface area contributed by atoms with E-state index in [0.717, 1.165) is 0 Å². The first-order valence-corrected chi connectivity index (χ1v) is 2.27. The van der Waals surface area contributed by atoms with Gasteiger partial charge in [-0.1, -0.05) is 6.08 Å². The molecule has 0 aromatic heterocycles. The van der Waals surface area contributed by atoms with Crippen LogP contribution in [0.25, 0.3) is 0 Å². The summed E-state index contributed by atoms with van der Waals surface area (Å²) < 4.78 is 10.9. The molecular weight excluding hydrogens is 86.0 g/mol. The molecule has 0 aromatic rings. The van der Waals surface area contributed by atoms with Crippen molar-refractivity contribution in [2.75, 3.05) is 6.16 Å². The van der Waals surface area contributed by atoms with Gasteiger partial charge in [-0.05, 0) is 0 Å². The molecular formula is C3H5FP. The van der Waals surface area contributed by atoms with Crippen molar-refractivity contribution in [1.29, 1.82) is 0 Å². The van der Waals surface area contributed by atoms with Gasteiger partial charge in [0.1, 0.15) is 8.89 Å². The second-order valence-corrected chi connectivity index (χ2v) is 1.19. The minimum atomic E-state index is -0.0883. The average Bonchev–Trinajstić information content (AvgIpc) is 1.41. The van der Waals surface area contributed by atoms with Gasteiger partial charge >= 0.3 is 0 Å². The van der Waals surface area contributed by atoms with Crippen molar-refractivity contribution in [2.45, 2.75) is 0 Å². The number of allylic oxidation sites excluding steroid dienone is 1. The molecule has 0 unspecified atom stereocenters. The molecule has 0 aliphatic carbocycles. The Balaban J connectivity index is 2.40. The van der Waals surface area contributed by atoms with Gasteiger partial charge in [0.2, 0.25) is 0 Å². The smallest absolute Gasteiger partial charge is 0.143 e. The largest absolute Gasteiger partial charge is 0.219 e. The lowest BCUT2D eigenvalue weighted by molar-refractivity contribution is 0.919. The van der Waals surface area contributed by atoms with Crippen molar-refractivity contribution < 1.29 is 4.20 Å². The molecule has 0 heterocycles. The van der Waals surface area contributed by atoms with Gasteiger partial charge in [-0.2, -0.15) is 0 Å². The maximum atomic E-state index is 10.9. The van der Waals surface area contributed by atoms with Crippen LogP contribution in [-0.4, -0.2) is 6.16 Å². The van der Waals surface area contributed by atoms with Crippen molar-refractivity contribution in [1.82, 2.24) is 0 Å². The predicted octanol–water partition coefficient (Wildman–Crippen LogP) is 2.00. The third-order valence-corrected chi connectivity index (χ3v) is 0.594. The molecule has 0 rings (SSSR count). The molecule has 0 amide bonds. The minimum absolute atomic E-state index is 0.0883. The highest BCUT2D eigenvalue weighted by Gasteiger charge is 1.68. The van der Waals surface area contributed by atoms with Crippen molar-refractivity contribution in [3.8, 4) is 0 Å². The van der Waals surface area contributed by atoms with Gasteiger partial charge in [0.15, 0.2) is 0 Å². The van der Waals surface area contributed by atoms with Crippen LogP contribution in [0.1, 0.15) is 0 Å². The Morgan fingerprint density at radius 3 is 2.60 bits per heavy atom. The van der Waals surface area contributed by atoms with E-state index >= 15 is 0 Å². The lowest BCUT2D eigenvalue weighted by Crippen LogP contribution is -1.49. The monoisotopic (exact) mass is 91.0 g/mol. The van der Waals surface area contributed by atoms with Crippen LogP contribution in [0.15, 0.2) is 12.7 Å². The molecule has 0 aliphatic rings. The van der Waals surface area contributed by atoms with Crippen LogP contribution < -0.4 is 0 Å². The summed E-state index contributed by atoms with van der Waals surface area (Å²) >= 11 is 0. The topological polar surface area (TPSA) is 0 Å². The fraction of sp³-hybridized carbons (Fsp3) is 0.333. The molecule has 29 valence electrons. The number of rotatable bonds is 2. The zero-order valence-corrected chi connectivity index (χ0v) is 3.71. The zero-order valence-electron chi connectivity index (χ0n) is 2.82. The number of halogens is 1. The summed E-state index contributed by atoms with van der Waals surface area (Å²) in [6.45, 7) is 3.30. The minimum Gasteiger partial charge on any atom is -0.219 e. The van der Waals surface area contributed by atoms with E-state index in [1.54, 1.807) is 6.08 Å². The van der Waals surface area contributed by atoms with Crippen molar-refractivity contribution in [3.63, 3.8) is 0 Å². The van der Waals surface area contributed by atoms with Crippen LogP contribution in [0.4, 0.5) is 4.20 Å². The molecule has 0 bridgehead atoms. The van der Waals surface area contributed by atoms with Gasteiger partial charge < -0.3 is 0 Å². The molecule has 0 saturated heterocycles. The number of hydrogen-bond donors (Lipinski definition) is 0. The normalized spacial score (nSPS) is 9.80. The summed E-state index contributed by atoms with van der Waals surface area (Å²) in [5.41, 5.74) is 0. The quantitative estimate of drug-likeness (QED) is 0.360. The lowest BCUT2D eigenvalue weighted by atomic mass is 10.8. The Labute approximate surface area is 33.0 Å². The lowest BCUT2D eigenvalue weighted by Gasteiger charge is -1.67. The predicted molar refractivity (Wildman–Crippen MR) is 23.1 cm³/mol. The molecule has 0 N–H and O–H groups in total. The zero-order chi connectivity index (χ0) is 4.12. The van der Waals surface area contributed by atoms with Crippen molar-refractivity contribution in [2.24, 2.45) is 0 Å². The fourth-order valence-electron chi connectivity index (χ4n) is 0.0488. The summed E-state index contributed by atoms with van der Waals surface area (Å²) in [5, 5.41) is 0. The molecule has 0 aromatic carbocycles. The van der Waals surface area contributed by atoms with Crippen molar-refractivity contribution in [3.05, 3.63) is 12.7 Å². The molecule has 0 fully saturated rings. The van der Waals surface area contributed by atoms with E-state index in [9.17, 15) is 4.20 Å². The van der Waals surface area contributed by atoms with Gasteiger partial charge in [-0.3, -0.25) is 0 Å². The van der Waals surface area contributed by atoms with Gasteiger partial charge in [-0.25, -0.2) is 4.20 Å². The van der Waals surface area contributed by atoms with Crippen molar-refractivity contribution >= 4 is 8.89 Å². The maximum absolute atomic E-state index is 10.9. The Bertz CT molecular complexity index is 28.1. The summed E-state index contributed by atoms with van der Waals surface area (Å²) in [6, 6.07) is 0. The van der Waals surface area contributed by atoms with Crippen LogP contribution >= 0.6 is 8.89 Å². The Kier molecular flexibility index (Phi) is 4.18. The van der Waals surface area contributed by atoms with Crippen LogP contribution in [0, 0.1) is 0 Å². The molecule has 1 radical (unpaired) electrons.